The zero-order valence-corrected chi connectivity index (χ0v) is 14.0. The molecule has 2 aliphatic rings. The van der Waals surface area contributed by atoms with E-state index in [1.54, 1.807) is 9.80 Å². The van der Waals surface area contributed by atoms with Gasteiger partial charge in [0.15, 0.2) is 0 Å². The summed E-state index contributed by atoms with van der Waals surface area (Å²) < 4.78 is 26.3. The molecule has 1 N–H and O–H groups in total. The van der Waals surface area contributed by atoms with Gasteiger partial charge in [0.05, 0.1) is 12.6 Å². The molecule has 0 bridgehead atoms. The Labute approximate surface area is 135 Å². The minimum Gasteiger partial charge on any atom is -0.339 e. The Morgan fingerprint density at radius 3 is 2.00 bits per heavy atom. The van der Waals surface area contributed by atoms with Crippen molar-refractivity contribution >= 4 is 24.2 Å². The molecule has 5 nitrogen and oxygen atoms in total. The van der Waals surface area contributed by atoms with Crippen molar-refractivity contribution in [1.82, 2.24) is 15.1 Å². The van der Waals surface area contributed by atoms with Crippen LogP contribution in [0, 0.1) is 5.41 Å². The van der Waals surface area contributed by atoms with Crippen LogP contribution >= 0.6 is 12.4 Å². The lowest BCUT2D eigenvalue weighted by atomic mass is 9.94. The van der Waals surface area contributed by atoms with E-state index in [0.717, 1.165) is 0 Å². The van der Waals surface area contributed by atoms with E-state index in [9.17, 15) is 18.4 Å². The summed E-state index contributed by atoms with van der Waals surface area (Å²) >= 11 is 0. The highest BCUT2D eigenvalue weighted by molar-refractivity contribution is 5.85. The van der Waals surface area contributed by atoms with E-state index >= 15 is 0 Å². The molecule has 1 unspecified atom stereocenters. The molecule has 0 saturated carbocycles. The van der Waals surface area contributed by atoms with Gasteiger partial charge in [0, 0.05) is 38.0 Å². The molecular weight excluding hydrogens is 316 g/mol. The zero-order valence-electron chi connectivity index (χ0n) is 13.2. The zero-order chi connectivity index (χ0) is 15.8. The summed E-state index contributed by atoms with van der Waals surface area (Å²) in [5.74, 6) is -3.03. The molecular formula is C14H24ClF2N3O2. The number of amides is 2. The number of alkyl halides is 2. The normalized spacial score (nSPS) is 24.9. The Morgan fingerprint density at radius 2 is 1.59 bits per heavy atom. The second-order valence-electron chi connectivity index (χ2n) is 6.86. The molecule has 0 aromatic carbocycles. The first-order chi connectivity index (χ1) is 9.60. The molecule has 2 rings (SSSR count). The van der Waals surface area contributed by atoms with Crippen LogP contribution in [0.5, 0.6) is 0 Å². The topological polar surface area (TPSA) is 52.7 Å². The molecule has 0 aliphatic carbocycles. The number of nitrogens with one attached hydrogen (secondary N) is 1. The molecule has 2 fully saturated rings. The predicted octanol–water partition coefficient (Wildman–Crippen LogP) is 1.12. The Bertz CT molecular complexity index is 432. The third-order valence-corrected chi connectivity index (χ3v) is 3.93. The lowest BCUT2D eigenvalue weighted by Crippen LogP contribution is -2.55. The van der Waals surface area contributed by atoms with Crippen molar-refractivity contribution in [1.29, 1.82) is 0 Å². The van der Waals surface area contributed by atoms with Gasteiger partial charge in [-0.05, 0) is 0 Å². The second kappa shape index (κ2) is 6.66. The molecule has 2 saturated heterocycles. The Balaban J connectivity index is 0.00000242. The molecule has 8 heteroatoms. The van der Waals surface area contributed by atoms with Crippen LogP contribution in [0.1, 0.15) is 27.2 Å². The lowest BCUT2D eigenvalue weighted by Gasteiger charge is -2.38. The van der Waals surface area contributed by atoms with Gasteiger partial charge in [0.25, 0.3) is 5.92 Å². The van der Waals surface area contributed by atoms with Crippen molar-refractivity contribution in [2.24, 2.45) is 5.41 Å². The average Bonchev–Trinajstić information content (AvgIpc) is 2.76. The predicted molar refractivity (Wildman–Crippen MR) is 81.2 cm³/mol. The molecule has 22 heavy (non-hydrogen) atoms. The maximum absolute atomic E-state index is 13.1. The SMILES string of the molecule is CC(C)(C)C(=O)N1CCN(C(=O)C2CC(F)(F)CN2)CC1.Cl. The van der Waals surface area contributed by atoms with E-state index < -0.39 is 30.3 Å². The lowest BCUT2D eigenvalue weighted by molar-refractivity contribution is -0.145. The highest BCUT2D eigenvalue weighted by atomic mass is 35.5. The van der Waals surface area contributed by atoms with Gasteiger partial charge in [-0.25, -0.2) is 8.78 Å². The fourth-order valence-corrected chi connectivity index (χ4v) is 2.71. The van der Waals surface area contributed by atoms with Gasteiger partial charge < -0.3 is 9.80 Å². The Morgan fingerprint density at radius 1 is 1.09 bits per heavy atom. The van der Waals surface area contributed by atoms with E-state index in [-0.39, 0.29) is 24.2 Å². The summed E-state index contributed by atoms with van der Waals surface area (Å²) in [5.41, 5.74) is -0.443. The molecule has 2 heterocycles. The van der Waals surface area contributed by atoms with Crippen LogP contribution in [0.2, 0.25) is 0 Å². The van der Waals surface area contributed by atoms with Gasteiger partial charge in [-0.2, -0.15) is 0 Å². The molecule has 128 valence electrons. The van der Waals surface area contributed by atoms with Crippen molar-refractivity contribution in [3.8, 4) is 0 Å². The highest BCUT2D eigenvalue weighted by Gasteiger charge is 2.44. The van der Waals surface area contributed by atoms with E-state index in [0.29, 0.717) is 26.2 Å². The van der Waals surface area contributed by atoms with Gasteiger partial charge in [0.1, 0.15) is 0 Å². The third-order valence-electron chi connectivity index (χ3n) is 3.93. The maximum Gasteiger partial charge on any atom is 0.262 e. The summed E-state index contributed by atoms with van der Waals surface area (Å²) in [6.07, 6.45) is -0.438. The van der Waals surface area contributed by atoms with Crippen molar-refractivity contribution in [2.45, 2.75) is 39.2 Å². The van der Waals surface area contributed by atoms with E-state index in [4.69, 9.17) is 0 Å². The number of carbonyl (C=O) groups is 2. The number of hydrogen-bond acceptors (Lipinski definition) is 3. The first-order valence-corrected chi connectivity index (χ1v) is 7.29. The second-order valence-corrected chi connectivity index (χ2v) is 6.86. The molecule has 2 amide bonds. The average molecular weight is 340 g/mol. The molecule has 0 aromatic heterocycles. The number of halogens is 3. The molecule has 0 radical (unpaired) electrons. The Hall–Kier alpha value is -0.950. The Kier molecular flexibility index (Phi) is 5.78. The highest BCUT2D eigenvalue weighted by Crippen LogP contribution is 2.26. The van der Waals surface area contributed by atoms with Gasteiger partial charge in [-0.3, -0.25) is 14.9 Å². The summed E-state index contributed by atoms with van der Waals surface area (Å²) in [5, 5.41) is 2.58. The quantitative estimate of drug-likeness (QED) is 0.779. The first-order valence-electron chi connectivity index (χ1n) is 7.29. The molecule has 0 aromatic rings. The van der Waals surface area contributed by atoms with E-state index in [2.05, 4.69) is 5.32 Å². The fraction of sp³-hybridized carbons (Fsp3) is 0.857. The van der Waals surface area contributed by atoms with Crippen LogP contribution in [-0.4, -0.2) is 66.3 Å². The number of hydrogen-bond donors (Lipinski definition) is 1. The minimum atomic E-state index is -2.80. The van der Waals surface area contributed by atoms with E-state index in [1.165, 1.54) is 0 Å². The summed E-state index contributed by atoms with van der Waals surface area (Å²) in [6, 6.07) is -0.801. The number of nitrogens with zero attached hydrogens (tertiary/aromatic N) is 2. The van der Waals surface area contributed by atoms with Crippen molar-refractivity contribution in [3.63, 3.8) is 0 Å². The minimum absolute atomic E-state index is 0. The van der Waals surface area contributed by atoms with Crippen LogP contribution in [0.25, 0.3) is 0 Å². The van der Waals surface area contributed by atoms with Crippen molar-refractivity contribution in [3.05, 3.63) is 0 Å². The van der Waals surface area contributed by atoms with Gasteiger partial charge >= 0.3 is 0 Å². The maximum atomic E-state index is 13.1. The molecule has 0 spiro atoms. The van der Waals surface area contributed by atoms with Gasteiger partial charge in [0.2, 0.25) is 11.8 Å². The summed E-state index contributed by atoms with van der Waals surface area (Å²) in [6.45, 7) is 6.88. The summed E-state index contributed by atoms with van der Waals surface area (Å²) in [7, 11) is 0. The van der Waals surface area contributed by atoms with Crippen molar-refractivity contribution in [2.75, 3.05) is 32.7 Å². The standard InChI is InChI=1S/C14H23F2N3O2.ClH/c1-13(2,3)12(21)19-6-4-18(5-7-19)11(20)10-8-14(15,16)9-17-10;/h10,17H,4-9H2,1-3H3;1H. The molecule has 1 atom stereocenters. The van der Waals surface area contributed by atoms with Crippen LogP contribution < -0.4 is 5.32 Å². The van der Waals surface area contributed by atoms with Crippen LogP contribution in [-0.2, 0) is 9.59 Å². The molecule has 2 aliphatic heterocycles. The first kappa shape index (κ1) is 19.1. The van der Waals surface area contributed by atoms with Crippen LogP contribution in [0.15, 0.2) is 0 Å². The van der Waals surface area contributed by atoms with Gasteiger partial charge in [-0.15, -0.1) is 12.4 Å². The van der Waals surface area contributed by atoms with Crippen molar-refractivity contribution < 1.29 is 18.4 Å². The summed E-state index contributed by atoms with van der Waals surface area (Å²) in [4.78, 5) is 27.6. The van der Waals surface area contributed by atoms with Gasteiger partial charge in [-0.1, -0.05) is 20.8 Å². The number of piperazine rings is 1. The van der Waals surface area contributed by atoms with E-state index in [1.807, 2.05) is 20.8 Å². The van der Waals surface area contributed by atoms with Crippen LogP contribution in [0.3, 0.4) is 0 Å². The van der Waals surface area contributed by atoms with Crippen LogP contribution in [0.4, 0.5) is 8.78 Å². The number of carbonyl (C=O) groups excluding carboxylic acids is 2. The number of rotatable bonds is 1. The largest absolute Gasteiger partial charge is 0.339 e. The fourth-order valence-electron chi connectivity index (χ4n) is 2.71. The smallest absolute Gasteiger partial charge is 0.262 e. The third kappa shape index (κ3) is 4.29. The monoisotopic (exact) mass is 339 g/mol.